The van der Waals surface area contributed by atoms with Crippen LogP contribution in [0.5, 0.6) is 5.75 Å². The Hall–Kier alpha value is -2.76. The summed E-state index contributed by atoms with van der Waals surface area (Å²) in [5.41, 5.74) is 2.08. The number of piperazine rings is 1. The van der Waals surface area contributed by atoms with Crippen LogP contribution < -0.4 is 19.9 Å². The Morgan fingerprint density at radius 3 is 2.33 bits per heavy atom. The third-order valence-electron chi connectivity index (χ3n) is 4.13. The summed E-state index contributed by atoms with van der Waals surface area (Å²) in [7, 11) is 1.70. The van der Waals surface area contributed by atoms with Crippen LogP contribution in [0.25, 0.3) is 0 Å². The van der Waals surface area contributed by atoms with Crippen LogP contribution in [-0.2, 0) is 4.79 Å². The SMILES string of the molecule is COc1ccccc1N1CCN(c2cccnc2NC(C)=O)CC1. The minimum atomic E-state index is -0.109. The average Bonchev–Trinajstić information content (AvgIpc) is 2.62. The van der Waals surface area contributed by atoms with Crippen molar-refractivity contribution in [1.29, 1.82) is 0 Å². The van der Waals surface area contributed by atoms with Crippen molar-refractivity contribution in [3.63, 3.8) is 0 Å². The lowest BCUT2D eigenvalue weighted by Gasteiger charge is -2.38. The van der Waals surface area contributed by atoms with Crippen molar-refractivity contribution in [3.8, 4) is 5.75 Å². The summed E-state index contributed by atoms with van der Waals surface area (Å²) in [4.78, 5) is 20.2. The van der Waals surface area contributed by atoms with E-state index in [1.165, 1.54) is 6.92 Å². The number of aromatic nitrogens is 1. The highest BCUT2D eigenvalue weighted by atomic mass is 16.5. The number of pyridine rings is 1. The fourth-order valence-electron chi connectivity index (χ4n) is 2.99. The predicted octanol–water partition coefficient (Wildman–Crippen LogP) is 2.38. The first-order valence-electron chi connectivity index (χ1n) is 8.04. The Bertz CT molecular complexity index is 712. The highest BCUT2D eigenvalue weighted by molar-refractivity contribution is 5.91. The summed E-state index contributed by atoms with van der Waals surface area (Å²) in [5, 5.41) is 2.81. The lowest BCUT2D eigenvalue weighted by molar-refractivity contribution is -0.114. The number of carbonyl (C=O) groups is 1. The number of rotatable bonds is 4. The summed E-state index contributed by atoms with van der Waals surface area (Å²) in [5.74, 6) is 1.41. The van der Waals surface area contributed by atoms with Gasteiger partial charge in [-0.3, -0.25) is 4.79 Å². The fraction of sp³-hybridized carbons (Fsp3) is 0.333. The number of anilines is 3. The van der Waals surface area contributed by atoms with Gasteiger partial charge in [0.25, 0.3) is 0 Å². The Labute approximate surface area is 142 Å². The van der Waals surface area contributed by atoms with Gasteiger partial charge in [0.15, 0.2) is 5.82 Å². The molecule has 0 unspecified atom stereocenters. The Balaban J connectivity index is 1.73. The van der Waals surface area contributed by atoms with Gasteiger partial charge < -0.3 is 19.9 Å². The second-order valence-electron chi connectivity index (χ2n) is 5.70. The molecule has 6 nitrogen and oxygen atoms in total. The van der Waals surface area contributed by atoms with Crippen molar-refractivity contribution in [1.82, 2.24) is 4.98 Å². The lowest BCUT2D eigenvalue weighted by Crippen LogP contribution is -2.47. The van der Waals surface area contributed by atoms with E-state index in [4.69, 9.17) is 4.74 Å². The minimum Gasteiger partial charge on any atom is -0.495 e. The molecule has 0 atom stereocenters. The summed E-state index contributed by atoms with van der Waals surface area (Å²) in [6.45, 7) is 4.98. The zero-order valence-electron chi connectivity index (χ0n) is 14.0. The third-order valence-corrected chi connectivity index (χ3v) is 4.13. The van der Waals surface area contributed by atoms with Crippen LogP contribution in [0.3, 0.4) is 0 Å². The van der Waals surface area contributed by atoms with Crippen LogP contribution in [0.4, 0.5) is 17.2 Å². The van der Waals surface area contributed by atoms with Crippen LogP contribution in [-0.4, -0.2) is 44.2 Å². The van der Waals surface area contributed by atoms with Crippen molar-refractivity contribution in [2.75, 3.05) is 48.4 Å². The van der Waals surface area contributed by atoms with Gasteiger partial charge in [0.1, 0.15) is 5.75 Å². The minimum absolute atomic E-state index is 0.109. The Morgan fingerprint density at radius 1 is 1.04 bits per heavy atom. The highest BCUT2D eigenvalue weighted by Gasteiger charge is 2.21. The van der Waals surface area contributed by atoms with Gasteiger partial charge in [-0.15, -0.1) is 0 Å². The molecule has 1 fully saturated rings. The zero-order valence-corrected chi connectivity index (χ0v) is 14.0. The van der Waals surface area contributed by atoms with Crippen LogP contribution in [0, 0.1) is 0 Å². The molecule has 0 spiro atoms. The molecule has 1 N–H and O–H groups in total. The predicted molar refractivity (Wildman–Crippen MR) is 96.0 cm³/mol. The molecule has 24 heavy (non-hydrogen) atoms. The quantitative estimate of drug-likeness (QED) is 0.935. The summed E-state index contributed by atoms with van der Waals surface area (Å²) >= 11 is 0. The Morgan fingerprint density at radius 2 is 1.67 bits per heavy atom. The topological polar surface area (TPSA) is 57.7 Å². The number of nitrogens with one attached hydrogen (secondary N) is 1. The maximum Gasteiger partial charge on any atom is 0.222 e. The standard InChI is InChI=1S/C18H22N4O2/c1-14(23)20-18-16(7-5-9-19-18)22-12-10-21(11-13-22)15-6-3-4-8-17(15)24-2/h3-9H,10-13H2,1-2H3,(H,19,20,23). The van der Waals surface area contributed by atoms with Gasteiger partial charge in [-0.2, -0.15) is 0 Å². The number of para-hydroxylation sites is 2. The van der Waals surface area contributed by atoms with E-state index in [1.807, 2.05) is 30.3 Å². The van der Waals surface area contributed by atoms with Gasteiger partial charge in [0, 0.05) is 39.3 Å². The second kappa shape index (κ2) is 7.21. The number of ether oxygens (including phenoxy) is 1. The van der Waals surface area contributed by atoms with Crippen LogP contribution in [0.1, 0.15) is 6.92 Å². The second-order valence-corrected chi connectivity index (χ2v) is 5.70. The van der Waals surface area contributed by atoms with Gasteiger partial charge in [-0.1, -0.05) is 12.1 Å². The molecule has 1 aromatic carbocycles. The van der Waals surface area contributed by atoms with E-state index in [9.17, 15) is 4.79 Å². The summed E-state index contributed by atoms with van der Waals surface area (Å²) < 4.78 is 5.46. The molecule has 0 radical (unpaired) electrons. The number of hydrogen-bond donors (Lipinski definition) is 1. The first kappa shape index (κ1) is 16.1. The summed E-state index contributed by atoms with van der Waals surface area (Å²) in [6.07, 6.45) is 1.69. The van der Waals surface area contributed by atoms with E-state index >= 15 is 0 Å². The molecule has 3 rings (SSSR count). The van der Waals surface area contributed by atoms with E-state index in [0.717, 1.165) is 43.3 Å². The van der Waals surface area contributed by atoms with E-state index < -0.39 is 0 Å². The smallest absolute Gasteiger partial charge is 0.222 e. The molecule has 1 aliphatic rings. The average molecular weight is 326 g/mol. The van der Waals surface area contributed by atoms with Gasteiger partial charge in [0.05, 0.1) is 18.5 Å². The van der Waals surface area contributed by atoms with E-state index in [0.29, 0.717) is 5.82 Å². The molecule has 1 amide bonds. The maximum absolute atomic E-state index is 11.4. The Kier molecular flexibility index (Phi) is 4.84. The van der Waals surface area contributed by atoms with Gasteiger partial charge in [-0.25, -0.2) is 4.98 Å². The van der Waals surface area contributed by atoms with Crippen molar-refractivity contribution in [3.05, 3.63) is 42.6 Å². The lowest BCUT2D eigenvalue weighted by atomic mass is 10.2. The number of benzene rings is 1. The van der Waals surface area contributed by atoms with Crippen molar-refractivity contribution >= 4 is 23.1 Å². The molecule has 0 saturated carbocycles. The first-order chi connectivity index (χ1) is 11.7. The van der Waals surface area contributed by atoms with E-state index in [2.05, 4.69) is 26.2 Å². The largest absolute Gasteiger partial charge is 0.495 e. The molecule has 126 valence electrons. The molecule has 6 heteroatoms. The molecule has 2 heterocycles. The molecule has 1 aromatic heterocycles. The third kappa shape index (κ3) is 3.42. The molecule has 1 aliphatic heterocycles. The van der Waals surface area contributed by atoms with Crippen molar-refractivity contribution in [2.45, 2.75) is 6.92 Å². The first-order valence-corrected chi connectivity index (χ1v) is 8.04. The molecule has 0 bridgehead atoms. The monoisotopic (exact) mass is 326 g/mol. The van der Waals surface area contributed by atoms with Crippen LogP contribution >= 0.6 is 0 Å². The van der Waals surface area contributed by atoms with Gasteiger partial charge in [-0.05, 0) is 24.3 Å². The molecule has 1 saturated heterocycles. The van der Waals surface area contributed by atoms with Crippen LogP contribution in [0.15, 0.2) is 42.6 Å². The number of carbonyl (C=O) groups excluding carboxylic acids is 1. The fourth-order valence-corrected chi connectivity index (χ4v) is 2.99. The number of hydrogen-bond acceptors (Lipinski definition) is 5. The van der Waals surface area contributed by atoms with Crippen molar-refractivity contribution < 1.29 is 9.53 Å². The number of methoxy groups -OCH3 is 1. The summed E-state index contributed by atoms with van der Waals surface area (Å²) in [6, 6.07) is 12.0. The van der Waals surface area contributed by atoms with Crippen molar-refractivity contribution in [2.24, 2.45) is 0 Å². The number of nitrogens with zero attached hydrogens (tertiary/aromatic N) is 3. The highest BCUT2D eigenvalue weighted by Crippen LogP contribution is 2.30. The molecular weight excluding hydrogens is 304 g/mol. The van der Waals surface area contributed by atoms with E-state index in [1.54, 1.807) is 13.3 Å². The molecule has 0 aliphatic carbocycles. The van der Waals surface area contributed by atoms with Gasteiger partial charge >= 0.3 is 0 Å². The van der Waals surface area contributed by atoms with Crippen LogP contribution in [0.2, 0.25) is 0 Å². The normalized spacial score (nSPS) is 14.4. The van der Waals surface area contributed by atoms with Gasteiger partial charge in [0.2, 0.25) is 5.91 Å². The van der Waals surface area contributed by atoms with E-state index in [-0.39, 0.29) is 5.91 Å². The zero-order chi connectivity index (χ0) is 16.9. The molecule has 2 aromatic rings. The maximum atomic E-state index is 11.4. The number of amides is 1. The molecular formula is C18H22N4O2.